The predicted octanol–water partition coefficient (Wildman–Crippen LogP) is 5.07. The molecule has 3 rings (SSSR count). The Bertz CT molecular complexity index is 672. The molecular weight excluding hydrogens is 367 g/mol. The summed E-state index contributed by atoms with van der Waals surface area (Å²) < 4.78 is 5.58. The molecule has 2 aromatic carbocycles. The van der Waals surface area contributed by atoms with Gasteiger partial charge in [-0.25, -0.2) is 0 Å². The van der Waals surface area contributed by atoms with E-state index >= 15 is 0 Å². The second kappa shape index (κ2) is 11.0. The Morgan fingerprint density at radius 1 is 0.962 bits per heavy atom. The highest BCUT2D eigenvalue weighted by Gasteiger charge is 2.24. The molecule has 1 atom stereocenters. The van der Waals surface area contributed by atoms with Crippen LogP contribution in [0.4, 0.5) is 0 Å². The first-order valence-corrected chi connectivity index (χ1v) is 9.21. The topological polar surface area (TPSA) is 24.5 Å². The summed E-state index contributed by atoms with van der Waals surface area (Å²) in [7, 11) is 1.76. The van der Waals surface area contributed by atoms with E-state index in [4.69, 9.17) is 4.74 Å². The highest BCUT2D eigenvalue weighted by Crippen LogP contribution is 2.36. The molecule has 0 amide bonds. The minimum atomic E-state index is 0. The van der Waals surface area contributed by atoms with Crippen LogP contribution >= 0.6 is 24.8 Å². The van der Waals surface area contributed by atoms with Crippen LogP contribution in [0, 0.1) is 5.92 Å². The smallest absolute Gasteiger partial charge is 0.126 e. The Morgan fingerprint density at radius 2 is 1.62 bits per heavy atom. The number of hydrogen-bond acceptors (Lipinski definition) is 3. The molecule has 1 N–H and O–H groups in total. The van der Waals surface area contributed by atoms with Crippen LogP contribution in [0.2, 0.25) is 0 Å². The first-order chi connectivity index (χ1) is 11.7. The average Bonchev–Trinajstić information content (AvgIpc) is 2.62. The third kappa shape index (κ3) is 5.26. The first-order valence-electron chi connectivity index (χ1n) is 9.21. The number of rotatable bonds is 6. The molecule has 1 aliphatic rings. The largest absolute Gasteiger partial charge is 0.496 e. The summed E-state index contributed by atoms with van der Waals surface area (Å²) in [6, 6.07) is 13.6. The standard InChI is InChI=1S/C21H30N2O.2ClH/c1-16(2)8-10-20(23-14-12-22-13-15-23)18-9-11-21(24-3)19-7-5-4-6-17(18)19;;/h4-7,9,11,16,20,22H,8,10,12-15H2,1-3H3;2*1H/t20-;;/m1../s1. The van der Waals surface area contributed by atoms with E-state index in [2.05, 4.69) is 60.5 Å². The minimum absolute atomic E-state index is 0. The lowest BCUT2D eigenvalue weighted by atomic mass is 9.91. The second-order valence-corrected chi connectivity index (χ2v) is 7.18. The van der Waals surface area contributed by atoms with Gasteiger partial charge in [0.05, 0.1) is 7.11 Å². The minimum Gasteiger partial charge on any atom is -0.496 e. The van der Waals surface area contributed by atoms with Crippen LogP contribution in [0.1, 0.15) is 38.3 Å². The number of halogens is 2. The van der Waals surface area contributed by atoms with Crippen LogP contribution in [0.3, 0.4) is 0 Å². The van der Waals surface area contributed by atoms with Gasteiger partial charge in [0.1, 0.15) is 5.75 Å². The quantitative estimate of drug-likeness (QED) is 0.734. The molecule has 5 heteroatoms. The number of ether oxygens (including phenoxy) is 1. The molecule has 26 heavy (non-hydrogen) atoms. The van der Waals surface area contributed by atoms with E-state index in [0.717, 1.165) is 37.8 Å². The summed E-state index contributed by atoms with van der Waals surface area (Å²) in [6.45, 7) is 9.08. The van der Waals surface area contributed by atoms with E-state index in [9.17, 15) is 0 Å². The Kier molecular flexibility index (Phi) is 9.73. The Hall–Kier alpha value is -1.000. The molecular formula is C21H32Cl2N2O. The van der Waals surface area contributed by atoms with E-state index in [1.165, 1.54) is 29.2 Å². The lowest BCUT2D eigenvalue weighted by Crippen LogP contribution is -2.45. The maximum absolute atomic E-state index is 5.58. The zero-order valence-electron chi connectivity index (χ0n) is 16.0. The van der Waals surface area contributed by atoms with Gasteiger partial charge in [0, 0.05) is 37.6 Å². The summed E-state index contributed by atoms with van der Waals surface area (Å²) in [5.41, 5.74) is 1.45. The van der Waals surface area contributed by atoms with Gasteiger partial charge in [-0.15, -0.1) is 24.8 Å². The SMILES string of the molecule is COc1ccc([C@@H](CCC(C)C)N2CCNCC2)c2ccccc12.Cl.Cl. The van der Waals surface area contributed by atoms with Crippen molar-refractivity contribution in [1.29, 1.82) is 0 Å². The number of piperazine rings is 1. The molecule has 1 heterocycles. The van der Waals surface area contributed by atoms with Gasteiger partial charge in [0.2, 0.25) is 0 Å². The molecule has 3 nitrogen and oxygen atoms in total. The molecule has 0 saturated carbocycles. The molecule has 0 spiro atoms. The Labute approximate surface area is 170 Å². The molecule has 0 aliphatic carbocycles. The molecule has 1 aliphatic heterocycles. The van der Waals surface area contributed by atoms with Crippen LogP contribution in [0.5, 0.6) is 5.75 Å². The second-order valence-electron chi connectivity index (χ2n) is 7.18. The van der Waals surface area contributed by atoms with Crippen molar-refractivity contribution in [2.45, 2.75) is 32.7 Å². The van der Waals surface area contributed by atoms with Crippen molar-refractivity contribution in [3.8, 4) is 5.75 Å². The van der Waals surface area contributed by atoms with Crippen LogP contribution in [0.15, 0.2) is 36.4 Å². The lowest BCUT2D eigenvalue weighted by molar-refractivity contribution is 0.161. The predicted molar refractivity (Wildman–Crippen MR) is 116 cm³/mol. The average molecular weight is 399 g/mol. The van der Waals surface area contributed by atoms with Crippen molar-refractivity contribution in [2.75, 3.05) is 33.3 Å². The maximum atomic E-state index is 5.58. The van der Waals surface area contributed by atoms with Gasteiger partial charge < -0.3 is 10.1 Å². The van der Waals surface area contributed by atoms with E-state index in [1.807, 2.05) is 0 Å². The zero-order chi connectivity index (χ0) is 16.9. The summed E-state index contributed by atoms with van der Waals surface area (Å²) in [5, 5.41) is 6.04. The molecule has 146 valence electrons. The fourth-order valence-corrected chi connectivity index (χ4v) is 3.78. The summed E-state index contributed by atoms with van der Waals surface area (Å²) in [6.07, 6.45) is 2.48. The third-order valence-electron chi connectivity index (χ3n) is 5.11. The number of fused-ring (bicyclic) bond motifs is 1. The number of hydrogen-bond donors (Lipinski definition) is 1. The van der Waals surface area contributed by atoms with E-state index in [-0.39, 0.29) is 24.8 Å². The number of nitrogens with one attached hydrogen (secondary N) is 1. The fraction of sp³-hybridized carbons (Fsp3) is 0.524. The van der Waals surface area contributed by atoms with Crippen LogP contribution in [0.25, 0.3) is 10.8 Å². The first kappa shape index (κ1) is 23.0. The maximum Gasteiger partial charge on any atom is 0.126 e. The molecule has 0 bridgehead atoms. The lowest BCUT2D eigenvalue weighted by Gasteiger charge is -2.36. The molecule has 1 saturated heterocycles. The van der Waals surface area contributed by atoms with Gasteiger partial charge in [0.25, 0.3) is 0 Å². The van der Waals surface area contributed by atoms with Crippen LogP contribution in [-0.4, -0.2) is 38.2 Å². The summed E-state index contributed by atoms with van der Waals surface area (Å²) in [5.74, 6) is 1.71. The van der Waals surface area contributed by atoms with Gasteiger partial charge in [0.15, 0.2) is 0 Å². The van der Waals surface area contributed by atoms with Crippen molar-refractivity contribution in [3.63, 3.8) is 0 Å². The third-order valence-corrected chi connectivity index (χ3v) is 5.11. The molecule has 0 unspecified atom stereocenters. The summed E-state index contributed by atoms with van der Waals surface area (Å²) >= 11 is 0. The van der Waals surface area contributed by atoms with Gasteiger partial charge in [-0.05, 0) is 35.8 Å². The zero-order valence-corrected chi connectivity index (χ0v) is 17.7. The van der Waals surface area contributed by atoms with Crippen molar-refractivity contribution < 1.29 is 4.74 Å². The van der Waals surface area contributed by atoms with Crippen LogP contribution in [-0.2, 0) is 0 Å². The van der Waals surface area contributed by atoms with Crippen molar-refractivity contribution >= 4 is 35.6 Å². The van der Waals surface area contributed by atoms with Crippen molar-refractivity contribution in [3.05, 3.63) is 42.0 Å². The monoisotopic (exact) mass is 398 g/mol. The number of nitrogens with zero attached hydrogens (tertiary/aromatic N) is 1. The number of benzene rings is 2. The normalized spacial score (nSPS) is 16.0. The molecule has 1 fully saturated rings. The molecule has 2 aromatic rings. The Morgan fingerprint density at radius 3 is 2.23 bits per heavy atom. The Balaban J connectivity index is 0.00000169. The van der Waals surface area contributed by atoms with Gasteiger partial charge in [-0.1, -0.05) is 44.2 Å². The summed E-state index contributed by atoms with van der Waals surface area (Å²) in [4.78, 5) is 2.66. The number of methoxy groups -OCH3 is 1. The molecule has 0 aromatic heterocycles. The highest BCUT2D eigenvalue weighted by molar-refractivity contribution is 5.91. The van der Waals surface area contributed by atoms with Crippen molar-refractivity contribution in [2.24, 2.45) is 5.92 Å². The van der Waals surface area contributed by atoms with Gasteiger partial charge in [-0.2, -0.15) is 0 Å². The molecule has 0 radical (unpaired) electrons. The fourth-order valence-electron chi connectivity index (χ4n) is 3.78. The highest BCUT2D eigenvalue weighted by atomic mass is 35.5. The van der Waals surface area contributed by atoms with E-state index < -0.39 is 0 Å². The van der Waals surface area contributed by atoms with E-state index in [1.54, 1.807) is 7.11 Å². The van der Waals surface area contributed by atoms with E-state index in [0.29, 0.717) is 6.04 Å². The van der Waals surface area contributed by atoms with Gasteiger partial charge in [-0.3, -0.25) is 4.90 Å². The van der Waals surface area contributed by atoms with Crippen LogP contribution < -0.4 is 10.1 Å². The van der Waals surface area contributed by atoms with Crippen molar-refractivity contribution in [1.82, 2.24) is 10.2 Å². The van der Waals surface area contributed by atoms with Gasteiger partial charge >= 0.3 is 0 Å².